The molecule has 3 rings (SSSR count). The Morgan fingerprint density at radius 3 is 2.24 bits per heavy atom. The Bertz CT molecular complexity index is 949. The minimum atomic E-state index is -1.08. The van der Waals surface area contributed by atoms with Crippen molar-refractivity contribution in [2.75, 3.05) is 6.61 Å². The Morgan fingerprint density at radius 2 is 1.67 bits per heavy atom. The van der Waals surface area contributed by atoms with E-state index < -0.39 is 35.5 Å². The molecule has 0 spiro atoms. The number of nitrogens with zero attached hydrogens (tertiary/aromatic N) is 1. The Kier molecular flexibility index (Phi) is 7.32. The monoisotopic (exact) mass is 455 g/mol. The summed E-state index contributed by atoms with van der Waals surface area (Å²) in [4.78, 5) is 27.4. The van der Waals surface area contributed by atoms with Crippen molar-refractivity contribution in [1.29, 1.82) is 0 Å². The summed E-state index contributed by atoms with van der Waals surface area (Å²) in [5.41, 5.74) is 0.00411. The van der Waals surface area contributed by atoms with Gasteiger partial charge in [0.1, 0.15) is 29.7 Å². The molecule has 2 atom stereocenters. The van der Waals surface area contributed by atoms with Gasteiger partial charge in [-0.3, -0.25) is 4.90 Å². The van der Waals surface area contributed by atoms with Crippen LogP contribution < -0.4 is 4.74 Å². The van der Waals surface area contributed by atoms with Gasteiger partial charge < -0.3 is 18.9 Å². The summed E-state index contributed by atoms with van der Waals surface area (Å²) in [6.45, 7) is 11.3. The lowest BCUT2D eigenvalue weighted by Gasteiger charge is -2.35. The molecule has 1 fully saturated rings. The van der Waals surface area contributed by atoms with Gasteiger partial charge in [0, 0.05) is 0 Å². The highest BCUT2D eigenvalue weighted by Crippen LogP contribution is 2.43. The van der Waals surface area contributed by atoms with Crippen molar-refractivity contribution >= 4 is 12.1 Å². The van der Waals surface area contributed by atoms with Crippen LogP contribution in [0.2, 0.25) is 0 Å². The topological polar surface area (TPSA) is 74.3 Å². The lowest BCUT2D eigenvalue weighted by Crippen LogP contribution is -2.47. The van der Waals surface area contributed by atoms with Gasteiger partial charge in [-0.2, -0.15) is 0 Å². The number of carbonyl (C=O) groups is 2. The normalized spacial score (nSPS) is 19.8. The predicted octanol–water partition coefficient (Wildman–Crippen LogP) is 5.24. The number of hydrogen-bond acceptors (Lipinski definition) is 6. The van der Waals surface area contributed by atoms with Crippen molar-refractivity contribution in [3.8, 4) is 5.75 Å². The van der Waals surface area contributed by atoms with Crippen molar-refractivity contribution in [3.05, 3.63) is 65.7 Å². The number of rotatable bonds is 6. The van der Waals surface area contributed by atoms with Gasteiger partial charge in [0.05, 0.1) is 6.61 Å². The van der Waals surface area contributed by atoms with Gasteiger partial charge >= 0.3 is 12.1 Å². The molecule has 0 N–H and O–H groups in total. The van der Waals surface area contributed by atoms with E-state index in [1.54, 1.807) is 41.5 Å². The van der Waals surface area contributed by atoms with Gasteiger partial charge in [-0.15, -0.1) is 0 Å². The minimum Gasteiger partial charge on any atom is -0.489 e. The van der Waals surface area contributed by atoms with Crippen LogP contribution in [0.5, 0.6) is 5.75 Å². The largest absolute Gasteiger partial charge is 0.489 e. The first-order valence-corrected chi connectivity index (χ1v) is 11.2. The van der Waals surface area contributed by atoms with Gasteiger partial charge in [-0.1, -0.05) is 42.5 Å². The number of amides is 1. The summed E-state index contributed by atoms with van der Waals surface area (Å²) in [5, 5.41) is 0. The second kappa shape index (κ2) is 9.83. The van der Waals surface area contributed by atoms with Crippen LogP contribution in [0.15, 0.2) is 54.6 Å². The summed E-state index contributed by atoms with van der Waals surface area (Å²) in [7, 11) is 0. The lowest BCUT2D eigenvalue weighted by molar-refractivity contribution is -0.161. The first-order valence-electron chi connectivity index (χ1n) is 11.2. The molecule has 1 amide bonds. The van der Waals surface area contributed by atoms with Crippen LogP contribution in [0.25, 0.3) is 0 Å². The molecule has 1 aliphatic rings. The first kappa shape index (κ1) is 24.6. The van der Waals surface area contributed by atoms with Crippen molar-refractivity contribution in [1.82, 2.24) is 4.90 Å². The Balaban J connectivity index is 1.88. The van der Waals surface area contributed by atoms with Crippen LogP contribution in [0, 0.1) is 0 Å². The van der Waals surface area contributed by atoms with Crippen LogP contribution in [0.3, 0.4) is 0 Å². The molecule has 7 heteroatoms. The van der Waals surface area contributed by atoms with E-state index in [0.717, 1.165) is 11.1 Å². The molecule has 7 nitrogen and oxygen atoms in total. The summed E-state index contributed by atoms with van der Waals surface area (Å²) in [6.07, 6.45) is -1.54. The third-order valence-electron chi connectivity index (χ3n) is 5.14. The molecule has 33 heavy (non-hydrogen) atoms. The standard InChI is InChI=1S/C26H33NO6/c1-7-30-23(28)22-21(27(26(5,6)32-22)24(29)33-25(2,3)4)19-13-15-20(16-14-19)31-17-18-11-9-8-10-12-18/h8-16,21-22H,7,17H2,1-6H3/t21-,22?/m0/s1. The van der Waals surface area contributed by atoms with Crippen molar-refractivity contribution < 1.29 is 28.5 Å². The predicted molar refractivity (Wildman–Crippen MR) is 124 cm³/mol. The summed E-state index contributed by atoms with van der Waals surface area (Å²) >= 11 is 0. The molecule has 0 aliphatic carbocycles. The van der Waals surface area contributed by atoms with E-state index in [2.05, 4.69) is 0 Å². The number of benzene rings is 2. The zero-order valence-electron chi connectivity index (χ0n) is 20.2. The molecule has 0 saturated carbocycles. The highest BCUT2D eigenvalue weighted by molar-refractivity contribution is 5.79. The van der Waals surface area contributed by atoms with Crippen LogP contribution in [0.1, 0.15) is 58.7 Å². The van der Waals surface area contributed by atoms with E-state index >= 15 is 0 Å². The second-order valence-corrected chi connectivity index (χ2v) is 9.38. The van der Waals surface area contributed by atoms with Gasteiger partial charge in [-0.25, -0.2) is 9.59 Å². The van der Waals surface area contributed by atoms with E-state index in [-0.39, 0.29) is 6.61 Å². The summed E-state index contributed by atoms with van der Waals surface area (Å²) < 4.78 is 22.8. The van der Waals surface area contributed by atoms with Crippen LogP contribution in [-0.4, -0.2) is 41.0 Å². The average molecular weight is 456 g/mol. The third kappa shape index (κ3) is 6.05. The van der Waals surface area contributed by atoms with E-state index in [0.29, 0.717) is 12.4 Å². The molecule has 1 aliphatic heterocycles. The molecule has 1 heterocycles. The Labute approximate surface area is 195 Å². The fourth-order valence-corrected chi connectivity index (χ4v) is 3.77. The highest BCUT2D eigenvalue weighted by Gasteiger charge is 2.55. The van der Waals surface area contributed by atoms with Gasteiger partial charge in [0.15, 0.2) is 6.10 Å². The van der Waals surface area contributed by atoms with Crippen LogP contribution in [0.4, 0.5) is 4.79 Å². The van der Waals surface area contributed by atoms with E-state index in [1.165, 1.54) is 4.90 Å². The van der Waals surface area contributed by atoms with Crippen molar-refractivity contribution in [2.45, 2.75) is 71.6 Å². The second-order valence-electron chi connectivity index (χ2n) is 9.38. The van der Waals surface area contributed by atoms with Crippen LogP contribution in [-0.2, 0) is 25.6 Å². The number of carbonyl (C=O) groups excluding carboxylic acids is 2. The van der Waals surface area contributed by atoms with E-state index in [1.807, 2.05) is 54.6 Å². The quantitative estimate of drug-likeness (QED) is 0.555. The highest BCUT2D eigenvalue weighted by atomic mass is 16.6. The molecule has 0 radical (unpaired) electrons. The SMILES string of the molecule is CCOC(=O)C1OC(C)(C)N(C(=O)OC(C)(C)C)[C@H]1c1ccc(OCc2ccccc2)cc1. The molecule has 2 aromatic carbocycles. The number of ether oxygens (including phenoxy) is 4. The van der Waals surface area contributed by atoms with Crippen molar-refractivity contribution in [3.63, 3.8) is 0 Å². The molecule has 1 saturated heterocycles. The summed E-state index contributed by atoms with van der Waals surface area (Å²) in [6, 6.07) is 16.5. The van der Waals surface area contributed by atoms with Crippen LogP contribution >= 0.6 is 0 Å². The maximum Gasteiger partial charge on any atom is 0.413 e. The molecule has 2 aromatic rings. The fraction of sp³-hybridized carbons (Fsp3) is 0.462. The maximum absolute atomic E-state index is 13.2. The molecular weight excluding hydrogens is 422 g/mol. The average Bonchev–Trinajstić information content (AvgIpc) is 3.04. The van der Waals surface area contributed by atoms with Gasteiger partial charge in [0.2, 0.25) is 0 Å². The zero-order chi connectivity index (χ0) is 24.2. The third-order valence-corrected chi connectivity index (χ3v) is 5.14. The van der Waals surface area contributed by atoms with Gasteiger partial charge in [0.25, 0.3) is 0 Å². The fourth-order valence-electron chi connectivity index (χ4n) is 3.77. The zero-order valence-corrected chi connectivity index (χ0v) is 20.2. The number of hydrogen-bond donors (Lipinski definition) is 0. The molecule has 0 aromatic heterocycles. The maximum atomic E-state index is 13.2. The summed E-state index contributed by atoms with van der Waals surface area (Å²) in [5.74, 6) is 0.156. The first-order chi connectivity index (χ1) is 15.5. The Morgan fingerprint density at radius 1 is 1.03 bits per heavy atom. The minimum absolute atomic E-state index is 0.213. The Hall–Kier alpha value is -3.06. The smallest absolute Gasteiger partial charge is 0.413 e. The van der Waals surface area contributed by atoms with E-state index in [4.69, 9.17) is 18.9 Å². The number of esters is 1. The lowest BCUT2D eigenvalue weighted by atomic mass is 10.00. The molecule has 0 bridgehead atoms. The van der Waals surface area contributed by atoms with Gasteiger partial charge in [-0.05, 0) is 64.8 Å². The molecule has 178 valence electrons. The van der Waals surface area contributed by atoms with E-state index in [9.17, 15) is 9.59 Å². The van der Waals surface area contributed by atoms with Crippen molar-refractivity contribution in [2.24, 2.45) is 0 Å². The molecular formula is C26H33NO6. The molecule has 1 unspecified atom stereocenters.